The number of aryl methyl sites for hydroxylation is 1. The molecular formula is C34H44N4O8S. The van der Waals surface area contributed by atoms with Crippen molar-refractivity contribution in [2.45, 2.75) is 114 Å². The van der Waals surface area contributed by atoms with Crippen molar-refractivity contribution in [1.82, 2.24) is 19.8 Å². The molecule has 47 heavy (non-hydrogen) atoms. The molecule has 1 aromatic carbocycles. The van der Waals surface area contributed by atoms with E-state index in [1.807, 2.05) is 12.1 Å². The van der Waals surface area contributed by atoms with E-state index in [1.165, 1.54) is 10.5 Å². The van der Waals surface area contributed by atoms with E-state index in [1.54, 1.807) is 17.9 Å². The summed E-state index contributed by atoms with van der Waals surface area (Å²) < 4.78 is 33.3. The second kappa shape index (κ2) is 13.0. The quantitative estimate of drug-likeness (QED) is 0.400. The number of carbonyl (C=O) groups excluding carboxylic acids is 5. The van der Waals surface area contributed by atoms with E-state index in [0.717, 1.165) is 30.4 Å². The fraction of sp³-hybridized carbons (Fsp3) is 0.618. The highest BCUT2D eigenvalue weighted by atomic mass is 32.2. The predicted octanol–water partition coefficient (Wildman–Crippen LogP) is 2.88. The Hall–Kier alpha value is -3.74. The van der Waals surface area contributed by atoms with Crippen molar-refractivity contribution in [2.24, 2.45) is 11.3 Å². The first kappa shape index (κ1) is 33.2. The highest BCUT2D eigenvalue weighted by molar-refractivity contribution is 7.90. The number of amides is 4. The third-order valence-corrected chi connectivity index (χ3v) is 12.3. The molecule has 12 nitrogen and oxygen atoms in total. The number of rotatable bonds is 8. The second-order valence-electron chi connectivity index (χ2n) is 13.8. The van der Waals surface area contributed by atoms with Gasteiger partial charge in [0, 0.05) is 32.4 Å². The van der Waals surface area contributed by atoms with Gasteiger partial charge in [-0.25, -0.2) is 13.2 Å². The van der Waals surface area contributed by atoms with Gasteiger partial charge < -0.3 is 15.0 Å². The Labute approximate surface area is 275 Å². The van der Waals surface area contributed by atoms with E-state index in [-0.39, 0.29) is 38.1 Å². The largest absolute Gasteiger partial charge is 0.444 e. The van der Waals surface area contributed by atoms with Crippen molar-refractivity contribution < 1.29 is 37.1 Å². The SMILES string of the molecule is C=C[C@@H]1C[C@]1(CC(=O)[C@@H]1C[C@@H]2CN1C(=O)[C@H](CC)NC(=O)CCCCCc1cccc3c1CN(C3)C(=O)O2)C(=O)NS(=O)(=O)C1CC1. The van der Waals surface area contributed by atoms with Crippen LogP contribution in [-0.2, 0) is 53.4 Å². The van der Waals surface area contributed by atoms with Crippen LogP contribution >= 0.6 is 0 Å². The number of ether oxygens (including phenoxy) is 1. The Bertz CT molecular complexity index is 1590. The number of benzene rings is 1. The lowest BCUT2D eigenvalue weighted by Gasteiger charge is -2.29. The van der Waals surface area contributed by atoms with Gasteiger partial charge in [-0.15, -0.1) is 6.58 Å². The van der Waals surface area contributed by atoms with Crippen LogP contribution in [0.4, 0.5) is 4.79 Å². The lowest BCUT2D eigenvalue weighted by atomic mass is 9.91. The van der Waals surface area contributed by atoms with Crippen molar-refractivity contribution in [2.75, 3.05) is 6.54 Å². The smallest absolute Gasteiger partial charge is 0.410 e. The molecule has 1 saturated heterocycles. The van der Waals surface area contributed by atoms with Gasteiger partial charge in [-0.1, -0.05) is 37.6 Å². The van der Waals surface area contributed by atoms with Gasteiger partial charge in [0.2, 0.25) is 27.7 Å². The maximum Gasteiger partial charge on any atom is 0.410 e. The molecule has 3 aliphatic heterocycles. The van der Waals surface area contributed by atoms with Crippen molar-refractivity contribution in [3.8, 4) is 0 Å². The molecule has 254 valence electrons. The topological polar surface area (TPSA) is 159 Å². The predicted molar refractivity (Wildman–Crippen MR) is 171 cm³/mol. The first-order valence-corrected chi connectivity index (χ1v) is 18.4. The number of carbonyl (C=O) groups is 5. The van der Waals surface area contributed by atoms with Crippen LogP contribution in [0.5, 0.6) is 0 Å². The lowest BCUT2D eigenvalue weighted by Crippen LogP contribution is -2.52. The summed E-state index contributed by atoms with van der Waals surface area (Å²) in [6.45, 7) is 6.32. The Morgan fingerprint density at radius 2 is 1.85 bits per heavy atom. The first-order valence-electron chi connectivity index (χ1n) is 16.8. The van der Waals surface area contributed by atoms with Crippen molar-refractivity contribution in [1.29, 1.82) is 0 Å². The minimum atomic E-state index is -3.83. The van der Waals surface area contributed by atoms with Gasteiger partial charge in [0.1, 0.15) is 12.1 Å². The van der Waals surface area contributed by atoms with Crippen LogP contribution in [0.1, 0.15) is 87.8 Å². The Kier molecular flexibility index (Phi) is 9.21. The molecule has 0 spiro atoms. The molecule has 0 unspecified atom stereocenters. The standard InChI is InChI=1S/C34H44N4O8S/c1-3-23-16-34(23,32(42)36-47(44,45)25-13-14-25)17-29(39)28-15-24-19-38(28)31(41)27(4-2)35-30(40)12-7-5-6-9-21-10-8-11-22-18-37(20-26(21)22)33(43)46-24/h3,8,10-11,23-25,27-28H,1,4-7,9,12-20H2,2H3,(H,35,40)(H,36,42)/t23-,24-,27+,28+,34-/m1/s1. The summed E-state index contributed by atoms with van der Waals surface area (Å²) in [5.41, 5.74) is 2.07. The van der Waals surface area contributed by atoms with Gasteiger partial charge in [-0.05, 0) is 67.6 Å². The van der Waals surface area contributed by atoms with Crippen LogP contribution in [-0.4, -0.2) is 77.8 Å². The number of Topliss-reactive ketones (excluding diaryl/α,β-unsaturated/α-hetero) is 1. The number of nitrogens with one attached hydrogen (secondary N) is 2. The molecule has 1 aromatic rings. The van der Waals surface area contributed by atoms with Crippen LogP contribution < -0.4 is 10.0 Å². The Morgan fingerprint density at radius 1 is 1.11 bits per heavy atom. The molecule has 4 amide bonds. The fourth-order valence-corrected chi connectivity index (χ4v) is 8.78. The summed E-state index contributed by atoms with van der Waals surface area (Å²) in [4.78, 5) is 70.7. The summed E-state index contributed by atoms with van der Waals surface area (Å²) in [5.74, 6) is -2.25. The van der Waals surface area contributed by atoms with Crippen molar-refractivity contribution in [3.63, 3.8) is 0 Å². The van der Waals surface area contributed by atoms with E-state index in [4.69, 9.17) is 4.74 Å². The monoisotopic (exact) mass is 668 g/mol. The molecule has 6 rings (SSSR count). The normalized spacial score (nSPS) is 29.8. The van der Waals surface area contributed by atoms with Gasteiger partial charge in [0.25, 0.3) is 0 Å². The summed E-state index contributed by atoms with van der Waals surface area (Å²) >= 11 is 0. The molecule has 3 heterocycles. The fourth-order valence-electron chi connectivity index (χ4n) is 7.39. The molecule has 3 fully saturated rings. The van der Waals surface area contributed by atoms with E-state index in [0.29, 0.717) is 38.8 Å². The molecular weight excluding hydrogens is 624 g/mol. The first-order chi connectivity index (χ1) is 22.5. The zero-order valence-electron chi connectivity index (χ0n) is 26.9. The average molecular weight is 669 g/mol. The zero-order chi connectivity index (χ0) is 33.5. The molecule has 5 aliphatic rings. The number of allylic oxidation sites excluding steroid dienone is 1. The third kappa shape index (κ3) is 6.81. The number of hydrogen-bond acceptors (Lipinski definition) is 8. The molecule has 2 N–H and O–H groups in total. The summed E-state index contributed by atoms with van der Waals surface area (Å²) in [7, 11) is -3.83. The highest BCUT2D eigenvalue weighted by Gasteiger charge is 2.61. The lowest BCUT2D eigenvalue weighted by molar-refractivity contribution is -0.142. The minimum Gasteiger partial charge on any atom is -0.444 e. The van der Waals surface area contributed by atoms with E-state index in [9.17, 15) is 32.4 Å². The number of sulfonamides is 1. The van der Waals surface area contributed by atoms with Gasteiger partial charge in [-0.3, -0.25) is 28.8 Å². The van der Waals surface area contributed by atoms with Crippen LogP contribution in [0.25, 0.3) is 0 Å². The molecule has 13 heteroatoms. The summed E-state index contributed by atoms with van der Waals surface area (Å²) in [6.07, 6.45) is 5.00. The number of ketones is 1. The summed E-state index contributed by atoms with van der Waals surface area (Å²) in [6, 6.07) is 4.17. The van der Waals surface area contributed by atoms with E-state index < -0.39 is 68.5 Å². The Morgan fingerprint density at radius 3 is 2.55 bits per heavy atom. The number of nitrogens with zero attached hydrogens (tertiary/aromatic N) is 2. The van der Waals surface area contributed by atoms with Gasteiger partial charge in [-0.2, -0.15) is 0 Å². The third-order valence-electron chi connectivity index (χ3n) is 10.5. The maximum absolute atomic E-state index is 14.1. The van der Waals surface area contributed by atoms with Crippen LogP contribution in [0.15, 0.2) is 30.9 Å². The van der Waals surface area contributed by atoms with E-state index in [2.05, 4.69) is 22.7 Å². The van der Waals surface area contributed by atoms with Gasteiger partial charge in [0.15, 0.2) is 5.78 Å². The molecule has 4 bridgehead atoms. The molecule has 0 aromatic heterocycles. The van der Waals surface area contributed by atoms with Crippen LogP contribution in [0.2, 0.25) is 0 Å². The van der Waals surface area contributed by atoms with E-state index >= 15 is 0 Å². The molecule has 2 aliphatic carbocycles. The second-order valence-corrected chi connectivity index (χ2v) is 15.7. The highest BCUT2D eigenvalue weighted by Crippen LogP contribution is 2.57. The minimum absolute atomic E-state index is 0.0313. The molecule has 0 radical (unpaired) electrons. The van der Waals surface area contributed by atoms with Crippen LogP contribution in [0, 0.1) is 11.3 Å². The summed E-state index contributed by atoms with van der Waals surface area (Å²) in [5, 5.41) is 2.23. The molecule has 5 atom stereocenters. The van der Waals surface area contributed by atoms with Crippen molar-refractivity contribution >= 4 is 39.6 Å². The van der Waals surface area contributed by atoms with Crippen LogP contribution in [0.3, 0.4) is 0 Å². The van der Waals surface area contributed by atoms with Gasteiger partial charge in [0.05, 0.1) is 23.3 Å². The van der Waals surface area contributed by atoms with Crippen molar-refractivity contribution in [3.05, 3.63) is 47.5 Å². The zero-order valence-corrected chi connectivity index (χ0v) is 27.7. The van der Waals surface area contributed by atoms with Gasteiger partial charge >= 0.3 is 6.09 Å². The number of fused-ring (bicyclic) bond motifs is 3. The maximum atomic E-state index is 14.1. The Balaban J connectivity index is 1.24. The number of hydrogen-bond donors (Lipinski definition) is 2. The average Bonchev–Trinajstić information content (AvgIpc) is 3.93. The molecule has 2 saturated carbocycles.